The van der Waals surface area contributed by atoms with Crippen LogP contribution in [0.4, 0.5) is 30.6 Å². The van der Waals surface area contributed by atoms with Crippen molar-refractivity contribution in [3.63, 3.8) is 0 Å². The Morgan fingerprint density at radius 3 is 2.58 bits per heavy atom. The minimum absolute atomic E-state index is 0.0416. The molecule has 0 saturated carbocycles. The Labute approximate surface area is 175 Å². The maximum absolute atomic E-state index is 13.2. The molecule has 0 fully saturated rings. The molecule has 4 rings (SSSR count). The zero-order chi connectivity index (χ0) is 22.2. The highest BCUT2D eigenvalue weighted by atomic mass is 19.4. The number of aromatic hydroxyl groups is 1. The largest absolute Gasteiger partial charge is 0.504 e. The summed E-state index contributed by atoms with van der Waals surface area (Å²) in [5.74, 6) is 1.08. The molecule has 0 aliphatic rings. The number of phenols is 1. The van der Waals surface area contributed by atoms with Crippen LogP contribution in [0.5, 0.6) is 11.5 Å². The number of hydrogen-bond donors (Lipinski definition) is 3. The standard InChI is InChI=1S/C21H18F3N5O2/c1-25-20-28-15-11-26-19(27-13-6-7-18(31-2)17(30)9-13)10-16(15)29(20)14-5-3-4-12(8-14)21(22,23)24/h3-11,30H,1-2H3,(H,25,28)(H,26,27). The highest BCUT2D eigenvalue weighted by molar-refractivity contribution is 5.83. The molecule has 0 aliphatic heterocycles. The fourth-order valence-electron chi connectivity index (χ4n) is 3.22. The number of benzene rings is 2. The molecule has 0 radical (unpaired) electrons. The van der Waals surface area contributed by atoms with Crippen molar-refractivity contribution < 1.29 is 23.0 Å². The zero-order valence-corrected chi connectivity index (χ0v) is 16.5. The molecule has 3 N–H and O–H groups in total. The van der Waals surface area contributed by atoms with Crippen molar-refractivity contribution in [2.75, 3.05) is 24.8 Å². The molecule has 7 nitrogen and oxygen atoms in total. The third-order valence-corrected chi connectivity index (χ3v) is 4.65. The van der Waals surface area contributed by atoms with Crippen LogP contribution in [0.2, 0.25) is 0 Å². The number of nitrogens with zero attached hydrogens (tertiary/aromatic N) is 3. The monoisotopic (exact) mass is 429 g/mol. The van der Waals surface area contributed by atoms with Gasteiger partial charge >= 0.3 is 6.18 Å². The summed E-state index contributed by atoms with van der Waals surface area (Å²) in [7, 11) is 3.09. The van der Waals surface area contributed by atoms with E-state index in [1.54, 1.807) is 35.9 Å². The van der Waals surface area contributed by atoms with Crippen LogP contribution < -0.4 is 15.4 Å². The average Bonchev–Trinajstić information content (AvgIpc) is 3.11. The second kappa shape index (κ2) is 7.71. The molecule has 4 aromatic rings. The summed E-state index contributed by atoms with van der Waals surface area (Å²) in [6.45, 7) is 0. The Kier molecular flexibility index (Phi) is 5.05. The number of methoxy groups -OCH3 is 1. The van der Waals surface area contributed by atoms with Crippen molar-refractivity contribution in [3.05, 3.63) is 60.3 Å². The summed E-state index contributed by atoms with van der Waals surface area (Å²) in [5.41, 5.74) is 1.17. The molecule has 0 aliphatic carbocycles. The molecular weight excluding hydrogens is 411 g/mol. The first-order valence-electron chi connectivity index (χ1n) is 9.18. The fourth-order valence-corrected chi connectivity index (χ4v) is 3.22. The number of hydrogen-bond acceptors (Lipinski definition) is 6. The maximum Gasteiger partial charge on any atom is 0.416 e. The van der Waals surface area contributed by atoms with Crippen molar-refractivity contribution >= 4 is 28.5 Å². The summed E-state index contributed by atoms with van der Waals surface area (Å²) in [4.78, 5) is 8.71. The van der Waals surface area contributed by atoms with Crippen molar-refractivity contribution in [1.29, 1.82) is 0 Å². The van der Waals surface area contributed by atoms with E-state index in [0.29, 0.717) is 39.9 Å². The summed E-state index contributed by atoms with van der Waals surface area (Å²) in [6.07, 6.45) is -2.94. The van der Waals surface area contributed by atoms with Crippen LogP contribution in [0.3, 0.4) is 0 Å². The number of ether oxygens (including phenoxy) is 1. The molecule has 2 aromatic heterocycles. The number of halogens is 3. The minimum atomic E-state index is -4.46. The molecule has 0 saturated heterocycles. The zero-order valence-electron chi connectivity index (χ0n) is 16.5. The van der Waals surface area contributed by atoms with Gasteiger partial charge in [0.1, 0.15) is 11.3 Å². The molecule has 2 heterocycles. The lowest BCUT2D eigenvalue weighted by Crippen LogP contribution is -2.07. The topological polar surface area (TPSA) is 84.2 Å². The van der Waals surface area contributed by atoms with E-state index >= 15 is 0 Å². The number of rotatable bonds is 5. The summed E-state index contributed by atoms with van der Waals surface area (Å²) < 4.78 is 46.2. The van der Waals surface area contributed by atoms with E-state index in [2.05, 4.69) is 20.6 Å². The smallest absolute Gasteiger partial charge is 0.416 e. The van der Waals surface area contributed by atoms with Crippen molar-refractivity contribution in [2.45, 2.75) is 6.18 Å². The Hall–Kier alpha value is -3.95. The number of fused-ring (bicyclic) bond motifs is 1. The fraction of sp³-hybridized carbons (Fsp3) is 0.143. The molecule has 0 spiro atoms. The highest BCUT2D eigenvalue weighted by Gasteiger charge is 2.30. The van der Waals surface area contributed by atoms with E-state index < -0.39 is 11.7 Å². The van der Waals surface area contributed by atoms with Crippen LogP contribution in [0, 0.1) is 0 Å². The predicted molar refractivity (Wildman–Crippen MR) is 111 cm³/mol. The Bertz CT molecular complexity index is 1250. The first-order valence-corrected chi connectivity index (χ1v) is 9.18. The lowest BCUT2D eigenvalue weighted by atomic mass is 10.2. The van der Waals surface area contributed by atoms with Crippen LogP contribution in [-0.2, 0) is 6.18 Å². The summed E-state index contributed by atoms with van der Waals surface area (Å²) in [5, 5.41) is 15.9. The highest BCUT2D eigenvalue weighted by Crippen LogP contribution is 2.33. The van der Waals surface area contributed by atoms with E-state index in [-0.39, 0.29) is 5.75 Å². The molecule has 0 unspecified atom stereocenters. The van der Waals surface area contributed by atoms with Gasteiger partial charge in [-0.2, -0.15) is 13.2 Å². The molecular formula is C21H18F3N5O2. The van der Waals surface area contributed by atoms with E-state index in [0.717, 1.165) is 12.1 Å². The molecule has 2 aromatic carbocycles. The first kappa shape index (κ1) is 20.3. The van der Waals surface area contributed by atoms with Gasteiger partial charge in [-0.15, -0.1) is 0 Å². The van der Waals surface area contributed by atoms with Gasteiger partial charge < -0.3 is 20.5 Å². The Morgan fingerprint density at radius 2 is 1.90 bits per heavy atom. The van der Waals surface area contributed by atoms with Gasteiger partial charge in [0.05, 0.1) is 24.4 Å². The van der Waals surface area contributed by atoms with Crippen LogP contribution in [-0.4, -0.2) is 33.8 Å². The van der Waals surface area contributed by atoms with Gasteiger partial charge in [-0.3, -0.25) is 4.57 Å². The molecule has 31 heavy (non-hydrogen) atoms. The van der Waals surface area contributed by atoms with Gasteiger partial charge in [0.2, 0.25) is 5.95 Å². The van der Waals surface area contributed by atoms with E-state index in [4.69, 9.17) is 4.74 Å². The number of imidazole rings is 1. The average molecular weight is 429 g/mol. The number of anilines is 3. The van der Waals surface area contributed by atoms with Gasteiger partial charge in [0, 0.05) is 30.6 Å². The van der Waals surface area contributed by atoms with Crippen LogP contribution in [0.25, 0.3) is 16.7 Å². The van der Waals surface area contributed by atoms with Crippen LogP contribution in [0.15, 0.2) is 54.7 Å². The second-order valence-electron chi connectivity index (χ2n) is 6.64. The third-order valence-electron chi connectivity index (χ3n) is 4.65. The number of alkyl halides is 3. The molecule has 0 bridgehead atoms. The van der Waals surface area contributed by atoms with Crippen LogP contribution >= 0.6 is 0 Å². The minimum Gasteiger partial charge on any atom is -0.504 e. The second-order valence-corrected chi connectivity index (χ2v) is 6.64. The summed E-state index contributed by atoms with van der Waals surface area (Å²) >= 11 is 0. The SMILES string of the molecule is CNc1nc2cnc(Nc3ccc(OC)c(O)c3)cc2n1-c1cccc(C(F)(F)F)c1. The lowest BCUT2D eigenvalue weighted by Gasteiger charge is -2.13. The molecule has 160 valence electrons. The van der Waals surface area contributed by atoms with Gasteiger partial charge in [-0.25, -0.2) is 9.97 Å². The first-order chi connectivity index (χ1) is 14.8. The lowest BCUT2D eigenvalue weighted by molar-refractivity contribution is -0.137. The molecule has 0 amide bonds. The number of phenolic OH excluding ortho intramolecular Hbond substituents is 1. The molecule has 10 heteroatoms. The maximum atomic E-state index is 13.2. The number of nitrogens with one attached hydrogen (secondary N) is 2. The Morgan fingerprint density at radius 1 is 1.10 bits per heavy atom. The van der Waals surface area contributed by atoms with Crippen molar-refractivity contribution in [2.24, 2.45) is 0 Å². The molecule has 0 atom stereocenters. The number of pyridine rings is 1. The normalized spacial score (nSPS) is 11.5. The quantitative estimate of drug-likeness (QED) is 0.417. The van der Waals surface area contributed by atoms with Gasteiger partial charge in [-0.1, -0.05) is 6.07 Å². The van der Waals surface area contributed by atoms with Gasteiger partial charge in [0.25, 0.3) is 0 Å². The van der Waals surface area contributed by atoms with Crippen molar-refractivity contribution in [3.8, 4) is 17.2 Å². The van der Waals surface area contributed by atoms with Crippen molar-refractivity contribution in [1.82, 2.24) is 14.5 Å². The van der Waals surface area contributed by atoms with E-state index in [1.165, 1.54) is 25.4 Å². The van der Waals surface area contributed by atoms with E-state index in [9.17, 15) is 18.3 Å². The summed E-state index contributed by atoms with van der Waals surface area (Å²) in [6, 6.07) is 11.5. The van der Waals surface area contributed by atoms with Gasteiger partial charge in [-0.05, 0) is 30.3 Å². The number of aromatic nitrogens is 3. The van der Waals surface area contributed by atoms with E-state index in [1.807, 2.05) is 0 Å². The van der Waals surface area contributed by atoms with Crippen LogP contribution in [0.1, 0.15) is 5.56 Å². The van der Waals surface area contributed by atoms with Gasteiger partial charge in [0.15, 0.2) is 11.5 Å². The predicted octanol–water partition coefficient (Wildman–Crippen LogP) is 4.94. The third kappa shape index (κ3) is 3.91. The Balaban J connectivity index is 1.79.